The van der Waals surface area contributed by atoms with Crippen molar-refractivity contribution in [1.29, 1.82) is 0 Å². The third-order valence-electron chi connectivity index (χ3n) is 6.46. The van der Waals surface area contributed by atoms with E-state index in [1.54, 1.807) is 12.4 Å². The van der Waals surface area contributed by atoms with E-state index < -0.39 is 0 Å². The Morgan fingerprint density at radius 3 is 2.22 bits per heavy atom. The zero-order valence-corrected chi connectivity index (χ0v) is 19.5. The maximum Gasteiger partial charge on any atom is 0.273 e. The van der Waals surface area contributed by atoms with E-state index in [1.807, 2.05) is 102 Å². The molecule has 1 aliphatic rings. The molecule has 1 atom stereocenters. The van der Waals surface area contributed by atoms with Crippen molar-refractivity contribution >= 4 is 5.91 Å². The molecule has 1 unspecified atom stereocenters. The van der Waals surface area contributed by atoms with Crippen LogP contribution in [0, 0.1) is 0 Å². The van der Waals surface area contributed by atoms with Gasteiger partial charge in [0.1, 0.15) is 18.1 Å². The molecule has 0 spiro atoms. The summed E-state index contributed by atoms with van der Waals surface area (Å²) in [6.07, 6.45) is 3.50. The smallest absolute Gasteiger partial charge is 0.273 e. The van der Waals surface area contributed by atoms with Gasteiger partial charge in [-0.2, -0.15) is 5.10 Å². The molecule has 0 saturated heterocycles. The molecule has 6 rings (SSSR count). The fourth-order valence-corrected chi connectivity index (χ4v) is 4.69. The van der Waals surface area contributed by atoms with Gasteiger partial charge >= 0.3 is 0 Å². The Balaban J connectivity index is 1.35. The molecular weight excluding hydrogens is 448 g/mol. The van der Waals surface area contributed by atoms with Gasteiger partial charge in [-0.25, -0.2) is 0 Å². The van der Waals surface area contributed by atoms with E-state index in [9.17, 15) is 4.79 Å². The minimum atomic E-state index is -0.280. The zero-order valence-electron chi connectivity index (χ0n) is 19.5. The van der Waals surface area contributed by atoms with Crippen LogP contribution in [0.4, 0.5) is 0 Å². The Labute approximate surface area is 209 Å². The minimum absolute atomic E-state index is 0.0640. The summed E-state index contributed by atoms with van der Waals surface area (Å²) in [7, 11) is 0. The SMILES string of the molecule is O=C1c2[nH]nc(-c3ccccc3)c2C(c2ccc(OCc3ccccc3)cc2)N1Cc1ccncc1. The van der Waals surface area contributed by atoms with E-state index in [0.717, 1.165) is 39.3 Å². The van der Waals surface area contributed by atoms with Crippen molar-refractivity contribution in [3.8, 4) is 17.0 Å². The summed E-state index contributed by atoms with van der Waals surface area (Å²) >= 11 is 0. The minimum Gasteiger partial charge on any atom is -0.489 e. The van der Waals surface area contributed by atoms with Crippen molar-refractivity contribution in [1.82, 2.24) is 20.1 Å². The van der Waals surface area contributed by atoms with E-state index in [2.05, 4.69) is 15.2 Å². The van der Waals surface area contributed by atoms with Gasteiger partial charge in [-0.1, -0.05) is 72.8 Å². The van der Waals surface area contributed by atoms with Gasteiger partial charge in [0.05, 0.1) is 11.7 Å². The number of amides is 1. The predicted molar refractivity (Wildman–Crippen MR) is 137 cm³/mol. The lowest BCUT2D eigenvalue weighted by atomic mass is 9.96. The third kappa shape index (κ3) is 4.14. The number of carbonyl (C=O) groups excluding carboxylic acids is 1. The van der Waals surface area contributed by atoms with Gasteiger partial charge in [0.25, 0.3) is 5.91 Å². The number of aromatic nitrogens is 3. The number of nitrogens with zero attached hydrogens (tertiary/aromatic N) is 3. The number of benzene rings is 3. The average molecular weight is 473 g/mol. The van der Waals surface area contributed by atoms with Crippen LogP contribution in [0.5, 0.6) is 5.75 Å². The molecule has 176 valence electrons. The van der Waals surface area contributed by atoms with Crippen LogP contribution in [0.2, 0.25) is 0 Å². The first-order chi connectivity index (χ1) is 17.8. The number of nitrogens with one attached hydrogen (secondary N) is 1. The highest BCUT2D eigenvalue weighted by atomic mass is 16.5. The van der Waals surface area contributed by atoms with Gasteiger partial charge in [0, 0.05) is 30.1 Å². The molecule has 0 saturated carbocycles. The Morgan fingerprint density at radius 2 is 1.50 bits per heavy atom. The second-order valence-electron chi connectivity index (χ2n) is 8.76. The zero-order chi connectivity index (χ0) is 24.3. The van der Waals surface area contributed by atoms with Crippen LogP contribution in [0.3, 0.4) is 0 Å². The van der Waals surface area contributed by atoms with Crippen LogP contribution in [-0.2, 0) is 13.2 Å². The fourth-order valence-electron chi connectivity index (χ4n) is 4.69. The quantitative estimate of drug-likeness (QED) is 0.325. The van der Waals surface area contributed by atoms with Crippen molar-refractivity contribution < 1.29 is 9.53 Å². The molecule has 36 heavy (non-hydrogen) atoms. The number of rotatable bonds is 7. The average Bonchev–Trinajstić information content (AvgIpc) is 3.48. The van der Waals surface area contributed by atoms with Gasteiger partial charge in [-0.3, -0.25) is 14.9 Å². The van der Waals surface area contributed by atoms with E-state index >= 15 is 0 Å². The number of H-pyrrole nitrogens is 1. The predicted octanol–water partition coefficient (Wildman–Crippen LogP) is 5.80. The summed E-state index contributed by atoms with van der Waals surface area (Å²) in [4.78, 5) is 19.6. The lowest BCUT2D eigenvalue weighted by Crippen LogP contribution is -2.29. The van der Waals surface area contributed by atoms with Crippen LogP contribution in [0.1, 0.15) is 38.8 Å². The first-order valence-electron chi connectivity index (χ1n) is 11.9. The molecule has 5 aromatic rings. The highest BCUT2D eigenvalue weighted by molar-refractivity contribution is 6.00. The lowest BCUT2D eigenvalue weighted by Gasteiger charge is -2.26. The van der Waals surface area contributed by atoms with Crippen LogP contribution in [0.15, 0.2) is 109 Å². The highest BCUT2D eigenvalue weighted by Gasteiger charge is 2.42. The second kappa shape index (κ2) is 9.50. The largest absolute Gasteiger partial charge is 0.489 e. The molecule has 1 aliphatic heterocycles. The summed E-state index contributed by atoms with van der Waals surface area (Å²) in [5.74, 6) is 0.717. The third-order valence-corrected chi connectivity index (χ3v) is 6.46. The molecule has 6 nitrogen and oxygen atoms in total. The van der Waals surface area contributed by atoms with E-state index in [1.165, 1.54) is 0 Å². The van der Waals surface area contributed by atoms with Crippen molar-refractivity contribution in [2.75, 3.05) is 0 Å². The Bertz CT molecular complexity index is 1470. The number of pyridine rings is 1. The second-order valence-corrected chi connectivity index (χ2v) is 8.76. The molecule has 6 heteroatoms. The molecule has 2 aromatic heterocycles. The van der Waals surface area contributed by atoms with Crippen molar-refractivity contribution in [3.63, 3.8) is 0 Å². The van der Waals surface area contributed by atoms with Crippen LogP contribution in [0.25, 0.3) is 11.3 Å². The molecule has 0 aliphatic carbocycles. The van der Waals surface area contributed by atoms with Crippen molar-refractivity contribution in [3.05, 3.63) is 137 Å². The molecule has 0 radical (unpaired) electrons. The van der Waals surface area contributed by atoms with Gasteiger partial charge in [-0.15, -0.1) is 0 Å². The first kappa shape index (κ1) is 21.8. The van der Waals surface area contributed by atoms with E-state index in [4.69, 9.17) is 4.74 Å². The van der Waals surface area contributed by atoms with Crippen LogP contribution < -0.4 is 4.74 Å². The number of fused-ring (bicyclic) bond motifs is 1. The molecular formula is C30H24N4O2. The molecule has 3 aromatic carbocycles. The summed E-state index contributed by atoms with van der Waals surface area (Å²) in [6, 6.07) is 31.7. The fraction of sp³-hybridized carbons (Fsp3) is 0.100. The molecule has 0 bridgehead atoms. The Kier molecular flexibility index (Phi) is 5.75. The lowest BCUT2D eigenvalue weighted by molar-refractivity contribution is 0.0730. The summed E-state index contributed by atoms with van der Waals surface area (Å²) in [6.45, 7) is 0.968. The Hall–Kier alpha value is -4.71. The van der Waals surface area contributed by atoms with Gasteiger partial charge in [0.15, 0.2) is 0 Å². The molecule has 1 N–H and O–H groups in total. The van der Waals surface area contributed by atoms with Crippen LogP contribution in [-0.4, -0.2) is 26.0 Å². The number of carbonyl (C=O) groups is 1. The van der Waals surface area contributed by atoms with Gasteiger partial charge in [0.2, 0.25) is 0 Å². The van der Waals surface area contributed by atoms with Gasteiger partial charge in [-0.05, 0) is 41.0 Å². The van der Waals surface area contributed by atoms with Crippen molar-refractivity contribution in [2.24, 2.45) is 0 Å². The number of aromatic amines is 1. The van der Waals surface area contributed by atoms with Crippen molar-refractivity contribution in [2.45, 2.75) is 19.2 Å². The van der Waals surface area contributed by atoms with Crippen LogP contribution >= 0.6 is 0 Å². The molecule has 3 heterocycles. The Morgan fingerprint density at radius 1 is 0.806 bits per heavy atom. The first-order valence-corrected chi connectivity index (χ1v) is 11.9. The maximum absolute atomic E-state index is 13.6. The summed E-state index contributed by atoms with van der Waals surface area (Å²) < 4.78 is 5.99. The normalized spacial score (nSPS) is 14.6. The number of hydrogen-bond donors (Lipinski definition) is 1. The molecule has 0 fully saturated rings. The van der Waals surface area contributed by atoms with E-state index in [0.29, 0.717) is 18.8 Å². The van der Waals surface area contributed by atoms with Gasteiger partial charge < -0.3 is 9.64 Å². The highest BCUT2D eigenvalue weighted by Crippen LogP contribution is 2.43. The summed E-state index contributed by atoms with van der Waals surface area (Å²) in [5, 5.41) is 7.57. The monoisotopic (exact) mass is 472 g/mol. The summed E-state index contributed by atoms with van der Waals surface area (Å²) in [5.41, 5.74) is 6.34. The number of hydrogen-bond acceptors (Lipinski definition) is 4. The van der Waals surface area contributed by atoms with E-state index in [-0.39, 0.29) is 11.9 Å². The molecule has 1 amide bonds. The topological polar surface area (TPSA) is 71.1 Å². The standard InChI is InChI=1S/C30H24N4O2/c35-30-28-26(27(32-33-28)23-9-5-2-6-10-23)29(34(30)19-21-15-17-31-18-16-21)24-11-13-25(14-12-24)36-20-22-7-3-1-4-8-22/h1-18,29H,19-20H2,(H,32,33). The maximum atomic E-state index is 13.6. The number of ether oxygens (including phenoxy) is 1.